The van der Waals surface area contributed by atoms with Gasteiger partial charge in [-0.15, -0.1) is 0 Å². The Labute approximate surface area is 133 Å². The molecule has 0 aliphatic carbocycles. The van der Waals surface area contributed by atoms with Gasteiger partial charge in [-0.2, -0.15) is 5.10 Å². The van der Waals surface area contributed by atoms with Crippen molar-refractivity contribution in [1.82, 2.24) is 19.7 Å². The highest BCUT2D eigenvalue weighted by Crippen LogP contribution is 2.30. The van der Waals surface area contributed by atoms with Gasteiger partial charge < -0.3 is 5.73 Å². The molecule has 0 atom stereocenters. The Hall–Kier alpha value is -1.18. The zero-order valence-corrected chi connectivity index (χ0v) is 14.5. The van der Waals surface area contributed by atoms with Crippen molar-refractivity contribution in [3.8, 4) is 11.4 Å². The van der Waals surface area contributed by atoms with Crippen LogP contribution >= 0.6 is 22.6 Å². The molecule has 2 aromatic rings. The van der Waals surface area contributed by atoms with Crippen LogP contribution < -0.4 is 5.73 Å². The minimum Gasteiger partial charge on any atom is -0.383 e. The second kappa shape index (κ2) is 5.67. The molecule has 5 nitrogen and oxygen atoms in total. The van der Waals surface area contributed by atoms with Gasteiger partial charge in [0.25, 0.3) is 0 Å². The average Bonchev–Trinajstić information content (AvgIpc) is 2.80. The number of aryl methyl sites for hydroxylation is 1. The number of halogens is 1. The number of anilines is 1. The molecule has 2 aromatic heterocycles. The maximum absolute atomic E-state index is 6.04. The SMILES string of the molecule is CCCn1cc(-c2nc(N)c(I)c(C(C)(C)C)n2)cn1. The molecule has 0 fully saturated rings. The van der Waals surface area contributed by atoms with E-state index in [9.17, 15) is 0 Å². The van der Waals surface area contributed by atoms with Gasteiger partial charge in [-0.25, -0.2) is 9.97 Å². The van der Waals surface area contributed by atoms with Crippen LogP contribution in [-0.2, 0) is 12.0 Å². The standard InChI is InChI=1S/C14H20IN5/c1-5-6-20-8-9(7-17-20)13-18-11(14(2,3)4)10(15)12(16)19-13/h7-8H,5-6H2,1-4H3,(H2,16,18,19). The lowest BCUT2D eigenvalue weighted by atomic mass is 9.92. The van der Waals surface area contributed by atoms with Crippen LogP contribution in [0.15, 0.2) is 12.4 Å². The summed E-state index contributed by atoms with van der Waals surface area (Å²) in [5.74, 6) is 1.18. The number of rotatable bonds is 3. The largest absolute Gasteiger partial charge is 0.383 e. The van der Waals surface area contributed by atoms with Crippen molar-refractivity contribution in [3.63, 3.8) is 0 Å². The van der Waals surface area contributed by atoms with Gasteiger partial charge in [0.15, 0.2) is 5.82 Å². The smallest absolute Gasteiger partial charge is 0.165 e. The summed E-state index contributed by atoms with van der Waals surface area (Å²) in [6.45, 7) is 9.40. The maximum Gasteiger partial charge on any atom is 0.165 e. The van der Waals surface area contributed by atoms with Gasteiger partial charge in [0, 0.05) is 18.2 Å². The maximum atomic E-state index is 6.04. The Morgan fingerprint density at radius 1 is 1.30 bits per heavy atom. The first-order chi connectivity index (χ1) is 9.32. The summed E-state index contributed by atoms with van der Waals surface area (Å²) in [4.78, 5) is 9.09. The van der Waals surface area contributed by atoms with Gasteiger partial charge in [-0.1, -0.05) is 27.7 Å². The van der Waals surface area contributed by atoms with E-state index in [1.807, 2.05) is 10.9 Å². The van der Waals surface area contributed by atoms with Crippen molar-refractivity contribution < 1.29 is 0 Å². The van der Waals surface area contributed by atoms with E-state index in [2.05, 4.69) is 60.4 Å². The Morgan fingerprint density at radius 2 is 2.00 bits per heavy atom. The highest BCUT2D eigenvalue weighted by Gasteiger charge is 2.23. The van der Waals surface area contributed by atoms with Crippen molar-refractivity contribution >= 4 is 28.4 Å². The molecule has 2 heterocycles. The lowest BCUT2D eigenvalue weighted by molar-refractivity contribution is 0.564. The quantitative estimate of drug-likeness (QED) is 0.824. The molecule has 0 amide bonds. The Kier molecular flexibility index (Phi) is 4.31. The average molecular weight is 385 g/mol. The molecule has 0 unspecified atom stereocenters. The minimum absolute atomic E-state index is 0.0677. The van der Waals surface area contributed by atoms with Gasteiger partial charge in [0.1, 0.15) is 5.82 Å². The summed E-state index contributed by atoms with van der Waals surface area (Å²) >= 11 is 2.21. The first-order valence-electron chi connectivity index (χ1n) is 6.69. The fourth-order valence-electron chi connectivity index (χ4n) is 1.92. The summed E-state index contributed by atoms with van der Waals surface area (Å²) in [7, 11) is 0. The number of aromatic nitrogens is 4. The van der Waals surface area contributed by atoms with E-state index in [0.717, 1.165) is 27.8 Å². The number of nitrogens with two attached hydrogens (primary N) is 1. The molecule has 0 saturated heterocycles. The van der Waals surface area contributed by atoms with E-state index >= 15 is 0 Å². The fraction of sp³-hybridized carbons (Fsp3) is 0.500. The molecule has 0 spiro atoms. The topological polar surface area (TPSA) is 69.6 Å². The van der Waals surface area contributed by atoms with Crippen LogP contribution in [0.2, 0.25) is 0 Å². The summed E-state index contributed by atoms with van der Waals surface area (Å²) in [6.07, 6.45) is 4.81. The fourth-order valence-corrected chi connectivity index (χ4v) is 2.97. The van der Waals surface area contributed by atoms with E-state index in [-0.39, 0.29) is 5.41 Å². The van der Waals surface area contributed by atoms with E-state index in [1.54, 1.807) is 6.20 Å². The second-order valence-electron chi connectivity index (χ2n) is 5.84. The predicted octanol–water partition coefficient (Wildman–Crippen LogP) is 3.23. The molecule has 0 aromatic carbocycles. The van der Waals surface area contributed by atoms with Crippen LogP contribution in [0, 0.1) is 3.57 Å². The van der Waals surface area contributed by atoms with Crippen LogP contribution in [0.25, 0.3) is 11.4 Å². The normalized spacial score (nSPS) is 11.8. The molecule has 0 saturated carbocycles. The summed E-state index contributed by atoms with van der Waals surface area (Å²) < 4.78 is 2.84. The molecular weight excluding hydrogens is 365 g/mol. The Bertz CT molecular complexity index is 613. The zero-order valence-electron chi connectivity index (χ0n) is 12.3. The van der Waals surface area contributed by atoms with Gasteiger partial charge in [-0.3, -0.25) is 4.68 Å². The molecule has 0 radical (unpaired) electrons. The molecule has 6 heteroatoms. The first-order valence-corrected chi connectivity index (χ1v) is 7.77. The number of hydrogen-bond acceptors (Lipinski definition) is 4. The molecule has 0 bridgehead atoms. The summed E-state index contributed by atoms with van der Waals surface area (Å²) in [6, 6.07) is 0. The first kappa shape index (κ1) is 15.2. The van der Waals surface area contributed by atoms with Crippen LogP contribution in [0.5, 0.6) is 0 Å². The highest BCUT2D eigenvalue weighted by atomic mass is 127. The van der Waals surface area contributed by atoms with E-state index in [4.69, 9.17) is 10.7 Å². The molecular formula is C14H20IN5. The molecule has 2 N–H and O–H groups in total. The van der Waals surface area contributed by atoms with Gasteiger partial charge in [0.05, 0.1) is 21.0 Å². The zero-order chi connectivity index (χ0) is 14.9. The van der Waals surface area contributed by atoms with Gasteiger partial charge >= 0.3 is 0 Å². The number of nitrogens with zero attached hydrogens (tertiary/aromatic N) is 4. The third-order valence-electron chi connectivity index (χ3n) is 2.93. The van der Waals surface area contributed by atoms with E-state index in [1.165, 1.54) is 0 Å². The van der Waals surface area contributed by atoms with E-state index < -0.39 is 0 Å². The molecule has 0 aliphatic rings. The van der Waals surface area contributed by atoms with Gasteiger partial charge in [-0.05, 0) is 29.0 Å². The lowest BCUT2D eigenvalue weighted by Gasteiger charge is -2.20. The lowest BCUT2D eigenvalue weighted by Crippen LogP contribution is -2.18. The van der Waals surface area contributed by atoms with Crippen molar-refractivity contribution in [2.24, 2.45) is 0 Å². The predicted molar refractivity (Wildman–Crippen MR) is 89.4 cm³/mol. The molecule has 0 aliphatic heterocycles. The van der Waals surface area contributed by atoms with Crippen LogP contribution in [-0.4, -0.2) is 19.7 Å². The minimum atomic E-state index is -0.0677. The Morgan fingerprint density at radius 3 is 2.60 bits per heavy atom. The second-order valence-corrected chi connectivity index (χ2v) is 6.92. The highest BCUT2D eigenvalue weighted by molar-refractivity contribution is 14.1. The van der Waals surface area contributed by atoms with Crippen LogP contribution in [0.3, 0.4) is 0 Å². The summed E-state index contributed by atoms with van der Waals surface area (Å²) in [5.41, 5.74) is 7.85. The number of nitrogen functional groups attached to an aromatic ring is 1. The summed E-state index contributed by atoms with van der Waals surface area (Å²) in [5, 5.41) is 4.32. The van der Waals surface area contributed by atoms with Crippen molar-refractivity contribution in [1.29, 1.82) is 0 Å². The van der Waals surface area contributed by atoms with Crippen molar-refractivity contribution in [3.05, 3.63) is 21.7 Å². The third-order valence-corrected chi connectivity index (χ3v) is 3.99. The van der Waals surface area contributed by atoms with Crippen LogP contribution in [0.1, 0.15) is 39.8 Å². The molecule has 2 rings (SSSR count). The van der Waals surface area contributed by atoms with E-state index in [0.29, 0.717) is 11.6 Å². The molecule has 20 heavy (non-hydrogen) atoms. The number of hydrogen-bond donors (Lipinski definition) is 1. The Balaban J connectivity index is 2.49. The molecule has 108 valence electrons. The van der Waals surface area contributed by atoms with Crippen LogP contribution in [0.4, 0.5) is 5.82 Å². The third kappa shape index (κ3) is 3.11. The monoisotopic (exact) mass is 385 g/mol. The van der Waals surface area contributed by atoms with Gasteiger partial charge in [0.2, 0.25) is 0 Å². The van der Waals surface area contributed by atoms with Crippen molar-refractivity contribution in [2.75, 3.05) is 5.73 Å². The van der Waals surface area contributed by atoms with Crippen molar-refractivity contribution in [2.45, 2.75) is 46.1 Å².